The molecule has 0 spiro atoms. The van der Waals surface area contributed by atoms with Gasteiger partial charge in [-0.2, -0.15) is 0 Å². The number of halogens is 2. The van der Waals surface area contributed by atoms with Crippen LogP contribution in [0.3, 0.4) is 0 Å². The van der Waals surface area contributed by atoms with E-state index in [1.807, 2.05) is 13.8 Å². The van der Waals surface area contributed by atoms with E-state index in [0.29, 0.717) is 19.4 Å². The van der Waals surface area contributed by atoms with E-state index in [9.17, 15) is 26.8 Å². The number of aromatic amines is 1. The molecule has 1 heterocycles. The van der Waals surface area contributed by atoms with Gasteiger partial charge < -0.3 is 9.47 Å². The van der Waals surface area contributed by atoms with Crippen LogP contribution in [0.1, 0.15) is 26.7 Å². The Morgan fingerprint density at radius 3 is 2.61 bits per heavy atom. The Balaban J connectivity index is 1.87. The van der Waals surface area contributed by atoms with Crippen molar-refractivity contribution in [3.8, 4) is 5.75 Å². The Labute approximate surface area is 178 Å². The summed E-state index contributed by atoms with van der Waals surface area (Å²) in [5.41, 5.74) is -1.63. The largest absolute Gasteiger partial charge is 0.488 e. The number of alkyl halides is 2. The zero-order valence-corrected chi connectivity index (χ0v) is 18.2. The zero-order chi connectivity index (χ0) is 23.1. The number of ether oxygens (including phenoxy) is 2. The van der Waals surface area contributed by atoms with Crippen molar-refractivity contribution in [1.29, 1.82) is 0 Å². The van der Waals surface area contributed by atoms with Crippen LogP contribution in [0.25, 0.3) is 0 Å². The van der Waals surface area contributed by atoms with Gasteiger partial charge in [-0.3, -0.25) is 14.3 Å². The first-order valence-corrected chi connectivity index (χ1v) is 11.2. The number of nitrogens with zero attached hydrogens (tertiary/aromatic N) is 1. The SMILES string of the molecule is CC(C)(CCCOCn1ccc(=O)[nH]c1=O)CS(=O)(=O)c1cccc(OCC(F)F)c1. The molecule has 0 saturated carbocycles. The minimum Gasteiger partial charge on any atom is -0.488 e. The van der Waals surface area contributed by atoms with Gasteiger partial charge in [0, 0.05) is 18.9 Å². The van der Waals surface area contributed by atoms with Crippen LogP contribution in [0, 0.1) is 5.41 Å². The van der Waals surface area contributed by atoms with Gasteiger partial charge >= 0.3 is 5.69 Å². The highest BCUT2D eigenvalue weighted by atomic mass is 32.2. The molecule has 0 aliphatic heterocycles. The molecule has 8 nitrogen and oxygen atoms in total. The van der Waals surface area contributed by atoms with Crippen molar-refractivity contribution < 1.29 is 26.7 Å². The maximum Gasteiger partial charge on any atom is 0.330 e. The van der Waals surface area contributed by atoms with Crippen LogP contribution in [-0.2, 0) is 21.3 Å². The second-order valence-corrected chi connectivity index (χ2v) is 9.81. The second-order valence-electron chi connectivity index (χ2n) is 7.82. The number of sulfone groups is 1. The normalized spacial score (nSPS) is 12.3. The molecule has 0 aliphatic rings. The number of benzene rings is 1. The van der Waals surface area contributed by atoms with E-state index in [4.69, 9.17) is 9.47 Å². The van der Waals surface area contributed by atoms with Gasteiger partial charge in [0.05, 0.1) is 10.6 Å². The van der Waals surface area contributed by atoms with Gasteiger partial charge in [-0.05, 0) is 36.5 Å². The molecule has 0 unspecified atom stereocenters. The lowest BCUT2D eigenvalue weighted by Crippen LogP contribution is -2.29. The molecule has 172 valence electrons. The van der Waals surface area contributed by atoms with Gasteiger partial charge in [0.15, 0.2) is 9.84 Å². The van der Waals surface area contributed by atoms with Crippen molar-refractivity contribution in [2.24, 2.45) is 5.41 Å². The molecule has 11 heteroatoms. The molecule has 0 saturated heterocycles. The molecule has 0 aliphatic carbocycles. The van der Waals surface area contributed by atoms with E-state index in [1.165, 1.54) is 41.1 Å². The lowest BCUT2D eigenvalue weighted by molar-refractivity contribution is 0.0663. The summed E-state index contributed by atoms with van der Waals surface area (Å²) in [5.74, 6) is -0.0670. The third-order valence-electron chi connectivity index (χ3n) is 4.39. The molecule has 1 aromatic heterocycles. The van der Waals surface area contributed by atoms with E-state index in [0.717, 1.165) is 0 Å². The molecule has 2 aromatic rings. The fraction of sp³-hybridized carbons (Fsp3) is 0.500. The molecule has 2 rings (SSSR count). The summed E-state index contributed by atoms with van der Waals surface area (Å²) in [6.07, 6.45) is -0.229. The number of H-pyrrole nitrogens is 1. The standard InChI is InChI=1S/C20H26F2N2O6S/c1-20(2,8-4-10-29-14-24-9-7-18(25)23-19(24)26)13-31(27,28)16-6-3-5-15(11-16)30-12-17(21)22/h3,5-7,9,11,17H,4,8,10,12-14H2,1-2H3,(H,23,25,26). The van der Waals surface area contributed by atoms with Crippen molar-refractivity contribution in [2.45, 2.75) is 44.7 Å². The summed E-state index contributed by atoms with van der Waals surface area (Å²) >= 11 is 0. The zero-order valence-electron chi connectivity index (χ0n) is 17.3. The second kappa shape index (κ2) is 10.7. The molecule has 0 atom stereocenters. The monoisotopic (exact) mass is 460 g/mol. The van der Waals surface area contributed by atoms with Crippen molar-refractivity contribution in [2.75, 3.05) is 19.0 Å². The molecule has 31 heavy (non-hydrogen) atoms. The smallest absolute Gasteiger partial charge is 0.330 e. The molecular weight excluding hydrogens is 434 g/mol. The quantitative estimate of drug-likeness (QED) is 0.488. The van der Waals surface area contributed by atoms with Gasteiger partial charge in [0.2, 0.25) is 0 Å². The molecule has 0 fully saturated rings. The Bertz CT molecular complexity index is 1080. The fourth-order valence-corrected chi connectivity index (χ4v) is 4.87. The van der Waals surface area contributed by atoms with Crippen LogP contribution < -0.4 is 16.0 Å². The maximum absolute atomic E-state index is 12.8. The van der Waals surface area contributed by atoms with Crippen LogP contribution in [0.2, 0.25) is 0 Å². The first-order valence-electron chi connectivity index (χ1n) is 9.60. The number of nitrogens with one attached hydrogen (secondary N) is 1. The number of aromatic nitrogens is 2. The highest BCUT2D eigenvalue weighted by molar-refractivity contribution is 7.91. The number of rotatable bonds is 12. The van der Waals surface area contributed by atoms with E-state index in [2.05, 4.69) is 4.98 Å². The number of hydrogen-bond acceptors (Lipinski definition) is 6. The van der Waals surface area contributed by atoms with Gasteiger partial charge in [0.1, 0.15) is 19.1 Å². The Morgan fingerprint density at radius 2 is 1.94 bits per heavy atom. The van der Waals surface area contributed by atoms with Crippen molar-refractivity contribution in [3.63, 3.8) is 0 Å². The van der Waals surface area contributed by atoms with Crippen LogP contribution in [0.5, 0.6) is 5.75 Å². The van der Waals surface area contributed by atoms with Crippen molar-refractivity contribution in [3.05, 3.63) is 57.4 Å². The third kappa shape index (κ3) is 8.25. The predicted molar refractivity (Wildman–Crippen MR) is 110 cm³/mol. The number of hydrogen-bond donors (Lipinski definition) is 1. The van der Waals surface area contributed by atoms with Gasteiger partial charge in [-0.25, -0.2) is 22.0 Å². The van der Waals surface area contributed by atoms with Crippen LogP contribution >= 0.6 is 0 Å². The van der Waals surface area contributed by atoms with Crippen LogP contribution in [-0.4, -0.2) is 43.4 Å². The topological polar surface area (TPSA) is 107 Å². The molecule has 0 bridgehead atoms. The lowest BCUT2D eigenvalue weighted by Gasteiger charge is -2.24. The van der Waals surface area contributed by atoms with E-state index in [1.54, 1.807) is 0 Å². The van der Waals surface area contributed by atoms with E-state index in [-0.39, 0.29) is 23.1 Å². The minimum absolute atomic E-state index is 0.0148. The Hall–Kier alpha value is -2.53. The van der Waals surface area contributed by atoms with Crippen molar-refractivity contribution in [1.82, 2.24) is 9.55 Å². The fourth-order valence-electron chi connectivity index (χ4n) is 2.95. The molecule has 1 N–H and O–H groups in total. The van der Waals surface area contributed by atoms with Crippen LogP contribution in [0.4, 0.5) is 8.78 Å². The highest BCUT2D eigenvalue weighted by Crippen LogP contribution is 2.29. The third-order valence-corrected chi connectivity index (χ3v) is 6.52. The van der Waals surface area contributed by atoms with Crippen LogP contribution in [0.15, 0.2) is 51.0 Å². The van der Waals surface area contributed by atoms with Gasteiger partial charge in [-0.15, -0.1) is 0 Å². The molecule has 0 radical (unpaired) electrons. The lowest BCUT2D eigenvalue weighted by atomic mass is 9.90. The summed E-state index contributed by atoms with van der Waals surface area (Å²) in [6.45, 7) is 3.09. The first-order chi connectivity index (χ1) is 14.5. The molecule has 1 aromatic carbocycles. The van der Waals surface area contributed by atoms with Crippen molar-refractivity contribution >= 4 is 9.84 Å². The predicted octanol–water partition coefficient (Wildman–Crippen LogP) is 2.43. The van der Waals surface area contributed by atoms with E-state index < -0.39 is 39.5 Å². The summed E-state index contributed by atoms with van der Waals surface area (Å²) in [4.78, 5) is 24.7. The van der Waals surface area contributed by atoms with Gasteiger partial charge in [-0.1, -0.05) is 19.9 Å². The summed E-state index contributed by atoms with van der Waals surface area (Å²) < 4.78 is 61.7. The van der Waals surface area contributed by atoms with Gasteiger partial charge in [0.25, 0.3) is 12.0 Å². The average molecular weight is 460 g/mol. The maximum atomic E-state index is 12.8. The Morgan fingerprint density at radius 1 is 1.19 bits per heavy atom. The van der Waals surface area contributed by atoms with E-state index >= 15 is 0 Å². The molecular formula is C20H26F2N2O6S. The average Bonchev–Trinajstić information content (AvgIpc) is 2.67. The summed E-state index contributed by atoms with van der Waals surface area (Å²) in [7, 11) is -3.66. The summed E-state index contributed by atoms with van der Waals surface area (Å²) in [6, 6.07) is 6.75. The summed E-state index contributed by atoms with van der Waals surface area (Å²) in [5, 5.41) is 0. The minimum atomic E-state index is -3.66. The molecule has 0 amide bonds. The first kappa shape index (κ1) is 24.7. The Kier molecular flexibility index (Phi) is 8.52. The highest BCUT2D eigenvalue weighted by Gasteiger charge is 2.27.